The summed E-state index contributed by atoms with van der Waals surface area (Å²) < 4.78 is 7.89. The molecule has 1 aromatic heterocycles. The molecule has 2 aromatic carbocycles. The van der Waals surface area contributed by atoms with Gasteiger partial charge < -0.3 is 21.1 Å². The molecule has 32 heavy (non-hydrogen) atoms. The predicted octanol–water partition coefficient (Wildman–Crippen LogP) is 4.58. The normalized spacial score (nSPS) is 18.2. The number of primary amides is 1. The Kier molecular flexibility index (Phi) is 6.97. The number of benzene rings is 2. The van der Waals surface area contributed by atoms with Gasteiger partial charge >= 0.3 is 0 Å². The summed E-state index contributed by atoms with van der Waals surface area (Å²) in [6, 6.07) is 17.5. The number of ether oxygens (including phenoxy) is 1. The summed E-state index contributed by atoms with van der Waals surface area (Å²) in [5, 5.41) is 12.7. The Labute approximate surface area is 202 Å². The number of carbonyl (C=O) groups is 1. The van der Waals surface area contributed by atoms with Crippen molar-refractivity contribution in [1.82, 2.24) is 9.78 Å². The second-order valence-corrected chi connectivity index (χ2v) is 8.11. The first kappa shape index (κ1) is 22.6. The van der Waals surface area contributed by atoms with Crippen molar-refractivity contribution >= 4 is 11.7 Å². The Hall–Kier alpha value is -2.63. The van der Waals surface area contributed by atoms with E-state index >= 15 is 0 Å². The second-order valence-electron chi connectivity index (χ2n) is 8.11. The van der Waals surface area contributed by atoms with Gasteiger partial charge in [0, 0.05) is 33.2 Å². The molecule has 8 heteroatoms. The minimum Gasteiger partial charge on any atom is -0.662 e. The van der Waals surface area contributed by atoms with Gasteiger partial charge in [0.25, 0.3) is 5.91 Å². The van der Waals surface area contributed by atoms with E-state index in [-0.39, 0.29) is 27.1 Å². The van der Waals surface area contributed by atoms with Gasteiger partial charge in [0.15, 0.2) is 0 Å². The summed E-state index contributed by atoms with van der Waals surface area (Å²) in [6.07, 6.45) is 3.12. The van der Waals surface area contributed by atoms with Gasteiger partial charge in [-0.25, -0.2) is 4.68 Å². The average Bonchev–Trinajstić information content (AvgIpc) is 3.21. The number of hydrogen-bond donors (Lipinski definition) is 2. The number of fused-ring (bicyclic) bond motifs is 1. The van der Waals surface area contributed by atoms with Gasteiger partial charge in [0.2, 0.25) is 0 Å². The summed E-state index contributed by atoms with van der Waals surface area (Å²) in [7, 11) is 0. The minimum absolute atomic E-state index is 0. The molecule has 2 aliphatic rings. The molecule has 1 unspecified atom stereocenters. The molecule has 0 radical (unpaired) electrons. The van der Waals surface area contributed by atoms with Crippen LogP contribution < -0.4 is 15.8 Å². The Morgan fingerprint density at radius 3 is 2.41 bits per heavy atom. The second kappa shape index (κ2) is 9.88. The number of anilines is 1. The smallest absolute Gasteiger partial charge is 0.254 e. The molecule has 1 fully saturated rings. The summed E-state index contributed by atoms with van der Waals surface area (Å²) in [4.78, 5) is 12.4. The van der Waals surface area contributed by atoms with Crippen molar-refractivity contribution in [2.24, 2.45) is 11.7 Å². The zero-order valence-electron chi connectivity index (χ0n) is 17.7. The largest absolute Gasteiger partial charge is 0.662 e. The number of para-hydroxylation sites is 1. The van der Waals surface area contributed by atoms with Crippen molar-refractivity contribution in [3.8, 4) is 22.8 Å². The number of nitrogens with two attached hydrogens (primary N) is 1. The van der Waals surface area contributed by atoms with E-state index in [1.54, 1.807) is 0 Å². The van der Waals surface area contributed by atoms with Crippen molar-refractivity contribution in [3.63, 3.8) is 0 Å². The third kappa shape index (κ3) is 4.45. The van der Waals surface area contributed by atoms with Crippen LogP contribution in [0.1, 0.15) is 35.7 Å². The van der Waals surface area contributed by atoms with Crippen LogP contribution in [0.3, 0.4) is 0 Å². The average molecular weight is 600 g/mol. The van der Waals surface area contributed by atoms with Crippen LogP contribution in [0.15, 0.2) is 54.6 Å². The fourth-order valence-corrected chi connectivity index (χ4v) is 4.64. The minimum atomic E-state index is -0.465. The van der Waals surface area contributed by atoms with Gasteiger partial charge in [-0.3, -0.25) is 4.79 Å². The summed E-state index contributed by atoms with van der Waals surface area (Å²) >= 11 is 0. The van der Waals surface area contributed by atoms with Crippen LogP contribution in [0, 0.1) is 5.92 Å². The van der Waals surface area contributed by atoms with E-state index in [2.05, 4.69) is 10.6 Å². The van der Waals surface area contributed by atoms with Crippen molar-refractivity contribution in [2.75, 3.05) is 25.0 Å². The molecular formula is C24H26N5O2W-. The molecular weight excluding hydrogens is 574 g/mol. The molecule has 0 bridgehead atoms. The molecule has 0 aliphatic carbocycles. The third-order valence-corrected chi connectivity index (χ3v) is 6.17. The molecule has 5 rings (SSSR count). The zero-order valence-corrected chi connectivity index (χ0v) is 20.7. The number of nitrogens with zero attached hydrogens (tertiary/aromatic N) is 3. The van der Waals surface area contributed by atoms with Gasteiger partial charge in [-0.15, -0.1) is 13.1 Å². The Bertz CT molecular complexity index is 1060. The zero-order chi connectivity index (χ0) is 21.2. The number of piperidine rings is 1. The predicted molar refractivity (Wildman–Crippen MR) is 121 cm³/mol. The van der Waals surface area contributed by atoms with E-state index in [0.717, 1.165) is 61.8 Å². The molecule has 3 aromatic rings. The van der Waals surface area contributed by atoms with E-state index in [4.69, 9.17) is 15.6 Å². The first-order valence-corrected chi connectivity index (χ1v) is 10.8. The van der Waals surface area contributed by atoms with Gasteiger partial charge in [-0.05, 0) is 48.7 Å². The topological polar surface area (TPSA) is 96.3 Å². The SMILES string of the molecule is NC(=O)c1c(-c2ccc(Oc3ccccc3)cc2)nn2c1NCCC2C1CC[N-]CC1.[W]. The molecule has 0 spiro atoms. The van der Waals surface area contributed by atoms with Gasteiger partial charge in [-0.1, -0.05) is 31.0 Å². The van der Waals surface area contributed by atoms with Crippen LogP contribution in [-0.2, 0) is 21.1 Å². The summed E-state index contributed by atoms with van der Waals surface area (Å²) in [6.45, 7) is 2.63. The fourth-order valence-electron chi connectivity index (χ4n) is 4.64. The van der Waals surface area contributed by atoms with Crippen molar-refractivity contribution in [2.45, 2.75) is 25.3 Å². The molecule has 2 aliphatic heterocycles. The molecule has 3 N–H and O–H groups in total. The quantitative estimate of drug-likeness (QED) is 0.449. The third-order valence-electron chi connectivity index (χ3n) is 6.17. The Balaban J connectivity index is 0.00000245. The van der Waals surface area contributed by atoms with E-state index < -0.39 is 5.91 Å². The van der Waals surface area contributed by atoms with Crippen molar-refractivity contribution < 1.29 is 30.6 Å². The molecule has 7 nitrogen and oxygen atoms in total. The van der Waals surface area contributed by atoms with Crippen LogP contribution in [0.5, 0.6) is 11.5 Å². The number of nitrogens with one attached hydrogen (secondary N) is 1. The number of hydrogen-bond acceptors (Lipinski definition) is 4. The van der Waals surface area contributed by atoms with Crippen LogP contribution in [0.4, 0.5) is 5.82 Å². The molecule has 3 heterocycles. The Morgan fingerprint density at radius 2 is 1.72 bits per heavy atom. The first-order valence-electron chi connectivity index (χ1n) is 10.8. The summed E-state index contributed by atoms with van der Waals surface area (Å²) in [5.74, 6) is 2.30. The Morgan fingerprint density at radius 1 is 1.03 bits per heavy atom. The van der Waals surface area contributed by atoms with Crippen molar-refractivity contribution in [1.29, 1.82) is 0 Å². The van der Waals surface area contributed by atoms with Crippen LogP contribution in [0.2, 0.25) is 0 Å². The maximum absolute atomic E-state index is 12.4. The van der Waals surface area contributed by atoms with E-state index in [9.17, 15) is 4.79 Å². The maximum Gasteiger partial charge on any atom is 0.254 e. The monoisotopic (exact) mass is 600 g/mol. The number of carbonyl (C=O) groups excluding carboxylic acids is 1. The fraction of sp³-hybridized carbons (Fsp3) is 0.333. The van der Waals surface area contributed by atoms with Crippen LogP contribution in [0.25, 0.3) is 16.6 Å². The van der Waals surface area contributed by atoms with Gasteiger partial charge in [0.05, 0.1) is 6.04 Å². The molecule has 166 valence electrons. The number of amides is 1. The number of aromatic nitrogens is 2. The molecule has 1 saturated heterocycles. The molecule has 1 amide bonds. The first-order chi connectivity index (χ1) is 15.2. The van der Waals surface area contributed by atoms with Crippen LogP contribution in [-0.4, -0.2) is 35.3 Å². The van der Waals surface area contributed by atoms with Crippen molar-refractivity contribution in [3.05, 3.63) is 65.5 Å². The number of rotatable bonds is 5. The standard InChI is InChI=1S/C24H26N5O2.W/c25-23(30)21-22(17-6-8-19(9-7-17)31-18-4-2-1-3-5-18)28-29-20(12-15-27-24(21)29)16-10-13-26-14-11-16;/h1-9,16,20,27H,10-15H2,(H2,25,30);/q-1;. The molecule has 1 atom stereocenters. The van der Waals surface area contributed by atoms with E-state index in [1.807, 2.05) is 59.3 Å². The maximum atomic E-state index is 12.4. The van der Waals surface area contributed by atoms with E-state index in [0.29, 0.717) is 17.2 Å². The van der Waals surface area contributed by atoms with Crippen LogP contribution >= 0.6 is 0 Å². The van der Waals surface area contributed by atoms with E-state index in [1.165, 1.54) is 0 Å². The van der Waals surface area contributed by atoms with Gasteiger partial charge in [0.1, 0.15) is 28.6 Å². The molecule has 0 saturated carbocycles. The van der Waals surface area contributed by atoms with Gasteiger partial charge in [-0.2, -0.15) is 5.10 Å². The summed E-state index contributed by atoms with van der Waals surface area (Å²) in [5.41, 5.74) is 7.73.